The molecular formula is C12H16CrN6O4. The number of carbonyl (C=O) groups is 2. The van der Waals surface area contributed by atoms with E-state index >= 15 is 0 Å². The van der Waals surface area contributed by atoms with Gasteiger partial charge in [-0.3, -0.25) is 0 Å². The Balaban J connectivity index is 0.000000403. The Kier molecular flexibility index (Phi) is 9.52. The zero-order valence-electron chi connectivity index (χ0n) is 12.0. The van der Waals surface area contributed by atoms with Gasteiger partial charge in [-0.15, -0.1) is 0 Å². The molecule has 0 amide bonds. The summed E-state index contributed by atoms with van der Waals surface area (Å²) < 4.78 is 0. The van der Waals surface area contributed by atoms with Gasteiger partial charge in [-0.05, 0) is 0 Å². The van der Waals surface area contributed by atoms with Crippen LogP contribution in [0.4, 0.5) is 0 Å². The monoisotopic (exact) mass is 360 g/mol. The molecule has 0 spiro atoms. The molecule has 0 radical (unpaired) electrons. The van der Waals surface area contributed by atoms with E-state index < -0.39 is 24.0 Å². The third kappa shape index (κ3) is 8.13. The molecule has 2 aromatic heterocycles. The van der Waals surface area contributed by atoms with Gasteiger partial charge in [-0.25, -0.2) is 9.97 Å². The van der Waals surface area contributed by atoms with Crippen molar-refractivity contribution in [2.24, 2.45) is 11.5 Å². The van der Waals surface area contributed by atoms with Gasteiger partial charge in [-0.2, -0.15) is 0 Å². The summed E-state index contributed by atoms with van der Waals surface area (Å²) in [6, 6.07) is -1.93. The molecule has 2 heterocycles. The number of H-pyrrole nitrogens is 2. The van der Waals surface area contributed by atoms with Crippen molar-refractivity contribution < 1.29 is 37.2 Å². The van der Waals surface area contributed by atoms with Crippen LogP contribution in [-0.4, -0.2) is 44.0 Å². The number of imidazole rings is 2. The van der Waals surface area contributed by atoms with Gasteiger partial charge in [0.05, 0.1) is 24.6 Å². The number of hydrogen-bond donors (Lipinski definition) is 4. The molecular weight excluding hydrogens is 344 g/mol. The average Bonchev–Trinajstić information content (AvgIpc) is 3.12. The zero-order valence-corrected chi connectivity index (χ0v) is 13.2. The standard InChI is InChI=1S/2C6H9N3O2.Cr/c2*7-5(6(10)11)1-4-2-8-3-9-4;/h2*2-3,5H,1,7H2,(H,8,9)(H,10,11);/q;;+2/p-2. The molecule has 11 heteroatoms. The van der Waals surface area contributed by atoms with Crippen molar-refractivity contribution in [2.75, 3.05) is 0 Å². The summed E-state index contributed by atoms with van der Waals surface area (Å²) in [4.78, 5) is 33.2. The molecule has 23 heavy (non-hydrogen) atoms. The van der Waals surface area contributed by atoms with Crippen LogP contribution >= 0.6 is 0 Å². The van der Waals surface area contributed by atoms with Crippen molar-refractivity contribution in [3.05, 3.63) is 36.4 Å². The Bertz CT molecular complexity index is 522. The number of carboxylic acids is 2. The maximum absolute atomic E-state index is 10.2. The van der Waals surface area contributed by atoms with E-state index in [0.29, 0.717) is 11.4 Å². The SMILES string of the molecule is NC(Cc1cnc[nH]1)C(=O)[O-].NC(Cc1cnc[nH]1)C(=O)[O-].[Cr+2]. The van der Waals surface area contributed by atoms with Crippen LogP contribution in [0, 0.1) is 0 Å². The molecule has 2 unspecified atom stereocenters. The van der Waals surface area contributed by atoms with Crippen LogP contribution in [0.3, 0.4) is 0 Å². The van der Waals surface area contributed by atoms with Crippen molar-refractivity contribution in [1.82, 2.24) is 19.9 Å². The van der Waals surface area contributed by atoms with Gasteiger partial charge in [0.15, 0.2) is 0 Å². The number of carbonyl (C=O) groups excluding carboxylic acids is 2. The fourth-order valence-corrected chi connectivity index (χ4v) is 1.43. The Labute approximate surface area is 142 Å². The van der Waals surface area contributed by atoms with E-state index in [0.717, 1.165) is 0 Å². The summed E-state index contributed by atoms with van der Waals surface area (Å²) in [5.41, 5.74) is 11.8. The normalized spacial score (nSPS) is 12.3. The van der Waals surface area contributed by atoms with Crippen molar-refractivity contribution >= 4 is 11.9 Å². The van der Waals surface area contributed by atoms with Gasteiger partial charge in [0, 0.05) is 48.7 Å². The van der Waals surface area contributed by atoms with E-state index in [-0.39, 0.29) is 30.2 Å². The van der Waals surface area contributed by atoms with Crippen LogP contribution in [0.15, 0.2) is 25.0 Å². The number of aliphatic carboxylic acids is 2. The van der Waals surface area contributed by atoms with Crippen LogP contribution in [0.25, 0.3) is 0 Å². The molecule has 0 saturated heterocycles. The van der Waals surface area contributed by atoms with Gasteiger partial charge in [0.1, 0.15) is 0 Å². The van der Waals surface area contributed by atoms with Crippen LogP contribution in [0.2, 0.25) is 0 Å². The molecule has 6 N–H and O–H groups in total. The van der Waals surface area contributed by atoms with Crippen molar-refractivity contribution in [3.63, 3.8) is 0 Å². The fourth-order valence-electron chi connectivity index (χ4n) is 1.43. The first-order valence-electron chi connectivity index (χ1n) is 6.27. The molecule has 124 valence electrons. The minimum Gasteiger partial charge on any atom is -0.548 e. The summed E-state index contributed by atoms with van der Waals surface area (Å²) in [6.07, 6.45) is 6.45. The van der Waals surface area contributed by atoms with E-state index in [1.54, 1.807) is 0 Å². The Morgan fingerprint density at radius 3 is 1.52 bits per heavy atom. The molecule has 0 saturated carbocycles. The van der Waals surface area contributed by atoms with Gasteiger partial charge >= 0.3 is 17.4 Å². The number of carboxylic acid groups (broad SMARTS) is 2. The van der Waals surface area contributed by atoms with Crippen molar-refractivity contribution in [2.45, 2.75) is 24.9 Å². The molecule has 0 aliphatic rings. The number of aromatic amines is 2. The number of nitrogens with zero attached hydrogens (tertiary/aromatic N) is 2. The van der Waals surface area contributed by atoms with Gasteiger partial charge in [0.2, 0.25) is 0 Å². The van der Waals surface area contributed by atoms with E-state index in [1.807, 2.05) is 0 Å². The van der Waals surface area contributed by atoms with Crippen LogP contribution in [0.1, 0.15) is 11.4 Å². The first-order chi connectivity index (χ1) is 10.4. The van der Waals surface area contributed by atoms with Crippen molar-refractivity contribution in [1.29, 1.82) is 0 Å². The van der Waals surface area contributed by atoms with Gasteiger partial charge in [0.25, 0.3) is 0 Å². The predicted octanol–water partition coefficient (Wildman–Crippen LogP) is -3.94. The molecule has 2 aromatic rings. The number of nitrogens with two attached hydrogens (primary N) is 2. The second-order valence-electron chi connectivity index (χ2n) is 4.41. The van der Waals surface area contributed by atoms with E-state index in [9.17, 15) is 19.8 Å². The maximum Gasteiger partial charge on any atom is 2.00 e. The largest absolute Gasteiger partial charge is 2.00 e. The third-order valence-corrected chi connectivity index (χ3v) is 2.59. The fraction of sp³-hybridized carbons (Fsp3) is 0.333. The van der Waals surface area contributed by atoms with Crippen LogP contribution in [-0.2, 0) is 39.8 Å². The number of rotatable bonds is 6. The number of aromatic nitrogens is 4. The molecule has 0 bridgehead atoms. The first kappa shape index (κ1) is 20.8. The Hall–Kier alpha value is -2.19. The summed E-state index contributed by atoms with van der Waals surface area (Å²) in [5, 5.41) is 20.3. The quantitative estimate of drug-likeness (QED) is 0.401. The van der Waals surface area contributed by atoms with Crippen molar-refractivity contribution in [3.8, 4) is 0 Å². The molecule has 0 fully saturated rings. The maximum atomic E-state index is 10.2. The van der Waals surface area contributed by atoms with E-state index in [4.69, 9.17) is 11.5 Å². The summed E-state index contributed by atoms with van der Waals surface area (Å²) in [5.74, 6) is -2.50. The summed E-state index contributed by atoms with van der Waals surface area (Å²) >= 11 is 0. The molecule has 2 rings (SSSR count). The summed E-state index contributed by atoms with van der Waals surface area (Å²) in [6.45, 7) is 0. The smallest absolute Gasteiger partial charge is 0.548 e. The van der Waals surface area contributed by atoms with Crippen LogP contribution < -0.4 is 21.7 Å². The predicted molar refractivity (Wildman–Crippen MR) is 70.5 cm³/mol. The Morgan fingerprint density at radius 2 is 1.30 bits per heavy atom. The van der Waals surface area contributed by atoms with E-state index in [1.165, 1.54) is 25.0 Å². The molecule has 10 nitrogen and oxygen atoms in total. The number of hydrogen-bond acceptors (Lipinski definition) is 8. The van der Waals surface area contributed by atoms with E-state index in [2.05, 4.69) is 19.9 Å². The first-order valence-corrected chi connectivity index (χ1v) is 6.27. The molecule has 0 aliphatic heterocycles. The number of nitrogens with one attached hydrogen (secondary N) is 2. The van der Waals surface area contributed by atoms with Crippen LogP contribution in [0.5, 0.6) is 0 Å². The molecule has 0 aromatic carbocycles. The topological polar surface area (TPSA) is 190 Å². The molecule has 2 atom stereocenters. The molecule has 0 aliphatic carbocycles. The Morgan fingerprint density at radius 1 is 0.957 bits per heavy atom. The average molecular weight is 360 g/mol. The summed E-state index contributed by atoms with van der Waals surface area (Å²) in [7, 11) is 0. The second-order valence-corrected chi connectivity index (χ2v) is 4.41. The van der Waals surface area contributed by atoms with Gasteiger partial charge < -0.3 is 41.2 Å². The minimum absolute atomic E-state index is 0. The minimum atomic E-state index is -1.25. The zero-order chi connectivity index (χ0) is 16.5. The second kappa shape index (κ2) is 10.5. The third-order valence-electron chi connectivity index (χ3n) is 2.59. The van der Waals surface area contributed by atoms with Gasteiger partial charge in [-0.1, -0.05) is 0 Å².